The first-order valence-electron chi connectivity index (χ1n) is 10.6. The Morgan fingerprint density at radius 1 is 0.886 bits per heavy atom. The van der Waals surface area contributed by atoms with Gasteiger partial charge < -0.3 is 20.2 Å². The zero-order chi connectivity index (χ0) is 25.1. The van der Waals surface area contributed by atoms with Crippen LogP contribution in [-0.4, -0.2) is 35.0 Å². The minimum atomic E-state index is -0.869. The number of ether oxygens (including phenoxy) is 1. The Labute approximate surface area is 200 Å². The number of ketones is 1. The molecule has 2 aromatic heterocycles. The second-order valence-corrected chi connectivity index (χ2v) is 7.65. The molecule has 35 heavy (non-hydrogen) atoms. The lowest BCUT2D eigenvalue weighted by molar-refractivity contribution is 0.0602. The van der Waals surface area contributed by atoms with Crippen molar-refractivity contribution in [3.8, 4) is 22.4 Å². The van der Waals surface area contributed by atoms with Gasteiger partial charge in [-0.15, -0.1) is 10.2 Å². The molecule has 9 heteroatoms. The van der Waals surface area contributed by atoms with E-state index < -0.39 is 17.7 Å². The number of aryl methyl sites for hydroxylation is 1. The van der Waals surface area contributed by atoms with E-state index in [0.29, 0.717) is 16.8 Å². The molecule has 2 aromatic carbocycles. The summed E-state index contributed by atoms with van der Waals surface area (Å²) in [6, 6.07) is 18.5. The van der Waals surface area contributed by atoms with Gasteiger partial charge in [0.25, 0.3) is 5.91 Å². The summed E-state index contributed by atoms with van der Waals surface area (Å²) in [5.74, 6) is -1.89. The van der Waals surface area contributed by atoms with E-state index in [1.807, 2.05) is 60.7 Å². The molecule has 0 aliphatic rings. The van der Waals surface area contributed by atoms with Crippen LogP contribution < -0.4 is 11.1 Å². The van der Waals surface area contributed by atoms with Crippen molar-refractivity contribution in [1.29, 1.82) is 0 Å². The summed E-state index contributed by atoms with van der Waals surface area (Å²) in [6.45, 7) is 2.84. The predicted octanol–water partition coefficient (Wildman–Crippen LogP) is 4.54. The summed E-state index contributed by atoms with van der Waals surface area (Å²) in [5.41, 5.74) is 7.89. The predicted molar refractivity (Wildman–Crippen MR) is 129 cm³/mol. The number of carbonyl (C=O) groups is 3. The SMILES string of the molecule is COC(=O)c1c(Nc2oc(C)c(C(C)=O)c2C(N)=O)nnc(-c2ccccc2)c1-c1ccccc1. The van der Waals surface area contributed by atoms with E-state index in [9.17, 15) is 14.4 Å². The number of methoxy groups -OCH3 is 1. The number of aromatic nitrogens is 2. The standard InChI is InChI=1S/C26H22N4O5/c1-14(31)18-15(2)35-25(20(18)23(27)32)28-24-21(26(33)34-3)19(16-10-6-4-7-11-16)22(29-30-24)17-12-8-5-9-13-17/h4-13H,1-3H3,(H2,27,32)(H,28,30). The number of hydrogen-bond donors (Lipinski definition) is 2. The van der Waals surface area contributed by atoms with Crippen LogP contribution in [0.1, 0.15) is 43.8 Å². The number of nitrogens with two attached hydrogens (primary N) is 1. The fourth-order valence-corrected chi connectivity index (χ4v) is 3.91. The second-order valence-electron chi connectivity index (χ2n) is 7.65. The van der Waals surface area contributed by atoms with Gasteiger partial charge in [0.05, 0.1) is 12.7 Å². The maximum Gasteiger partial charge on any atom is 0.342 e. The Bertz CT molecular complexity index is 1430. The Morgan fingerprint density at radius 3 is 2.03 bits per heavy atom. The van der Waals surface area contributed by atoms with Crippen molar-refractivity contribution in [1.82, 2.24) is 10.2 Å². The monoisotopic (exact) mass is 470 g/mol. The van der Waals surface area contributed by atoms with Crippen LogP contribution in [0.15, 0.2) is 65.1 Å². The number of esters is 1. The molecule has 0 spiro atoms. The zero-order valence-corrected chi connectivity index (χ0v) is 19.3. The average Bonchev–Trinajstić information content (AvgIpc) is 3.20. The summed E-state index contributed by atoms with van der Waals surface area (Å²) in [4.78, 5) is 37.4. The highest BCUT2D eigenvalue weighted by Gasteiger charge is 2.29. The lowest BCUT2D eigenvalue weighted by Gasteiger charge is -2.16. The summed E-state index contributed by atoms with van der Waals surface area (Å²) < 4.78 is 10.7. The number of rotatable bonds is 7. The third-order valence-electron chi connectivity index (χ3n) is 5.39. The minimum absolute atomic E-state index is 0.0262. The van der Waals surface area contributed by atoms with Crippen LogP contribution in [0.3, 0.4) is 0 Å². The summed E-state index contributed by atoms with van der Waals surface area (Å²) >= 11 is 0. The normalized spacial score (nSPS) is 10.6. The van der Waals surface area contributed by atoms with E-state index in [4.69, 9.17) is 14.9 Å². The number of furan rings is 1. The van der Waals surface area contributed by atoms with E-state index in [0.717, 1.165) is 5.56 Å². The topological polar surface area (TPSA) is 137 Å². The van der Waals surface area contributed by atoms with Crippen molar-refractivity contribution in [2.45, 2.75) is 13.8 Å². The Hall–Kier alpha value is -4.79. The van der Waals surface area contributed by atoms with Gasteiger partial charge in [0, 0.05) is 11.1 Å². The number of nitrogens with zero attached hydrogens (tertiary/aromatic N) is 2. The van der Waals surface area contributed by atoms with Crippen molar-refractivity contribution in [3.05, 3.63) is 83.1 Å². The van der Waals surface area contributed by atoms with Gasteiger partial charge >= 0.3 is 5.97 Å². The molecule has 0 saturated carbocycles. The Morgan fingerprint density at radius 2 is 1.49 bits per heavy atom. The van der Waals surface area contributed by atoms with Crippen LogP contribution in [0.25, 0.3) is 22.4 Å². The molecule has 9 nitrogen and oxygen atoms in total. The molecule has 0 aliphatic carbocycles. The van der Waals surface area contributed by atoms with Crippen molar-refractivity contribution in [2.24, 2.45) is 5.73 Å². The molecule has 0 aliphatic heterocycles. The maximum absolute atomic E-state index is 13.1. The summed E-state index contributed by atoms with van der Waals surface area (Å²) in [5, 5.41) is 11.5. The third-order valence-corrected chi connectivity index (χ3v) is 5.39. The molecule has 2 heterocycles. The van der Waals surface area contributed by atoms with E-state index in [-0.39, 0.29) is 34.2 Å². The highest BCUT2D eigenvalue weighted by Crippen LogP contribution is 2.38. The van der Waals surface area contributed by atoms with Crippen LogP contribution in [-0.2, 0) is 4.74 Å². The molecule has 0 atom stereocenters. The van der Waals surface area contributed by atoms with Crippen LogP contribution in [0.4, 0.5) is 11.7 Å². The number of nitrogens with one attached hydrogen (secondary N) is 1. The maximum atomic E-state index is 13.1. The molecule has 4 aromatic rings. The van der Waals surface area contributed by atoms with Crippen LogP contribution in [0, 0.1) is 6.92 Å². The van der Waals surface area contributed by atoms with E-state index >= 15 is 0 Å². The number of primary amides is 1. The van der Waals surface area contributed by atoms with Gasteiger partial charge in [-0.2, -0.15) is 0 Å². The highest BCUT2D eigenvalue weighted by atomic mass is 16.5. The van der Waals surface area contributed by atoms with E-state index in [2.05, 4.69) is 15.5 Å². The number of benzene rings is 2. The van der Waals surface area contributed by atoms with Gasteiger partial charge in [-0.1, -0.05) is 60.7 Å². The van der Waals surface area contributed by atoms with Gasteiger partial charge in [0.15, 0.2) is 11.6 Å². The Balaban J connectivity index is 2.00. The molecular weight excluding hydrogens is 448 g/mol. The lowest BCUT2D eigenvalue weighted by Crippen LogP contribution is -2.17. The molecular formula is C26H22N4O5. The Kier molecular flexibility index (Phi) is 6.41. The van der Waals surface area contributed by atoms with Crippen molar-refractivity contribution >= 4 is 29.4 Å². The molecule has 0 fully saturated rings. The molecule has 0 saturated heterocycles. The van der Waals surface area contributed by atoms with Crippen molar-refractivity contribution in [3.63, 3.8) is 0 Å². The summed E-state index contributed by atoms with van der Waals surface area (Å²) in [7, 11) is 1.25. The average molecular weight is 470 g/mol. The number of hydrogen-bond acceptors (Lipinski definition) is 8. The van der Waals surface area contributed by atoms with Gasteiger partial charge in [0.2, 0.25) is 5.88 Å². The van der Waals surface area contributed by atoms with Crippen LogP contribution >= 0.6 is 0 Å². The number of carbonyl (C=O) groups excluding carboxylic acids is 3. The van der Waals surface area contributed by atoms with Gasteiger partial charge in [-0.3, -0.25) is 9.59 Å². The largest absolute Gasteiger partial charge is 0.465 e. The smallest absolute Gasteiger partial charge is 0.342 e. The first-order valence-corrected chi connectivity index (χ1v) is 10.6. The zero-order valence-electron chi connectivity index (χ0n) is 19.3. The van der Waals surface area contributed by atoms with E-state index in [1.54, 1.807) is 0 Å². The molecule has 176 valence electrons. The fraction of sp³-hybridized carbons (Fsp3) is 0.115. The second kappa shape index (κ2) is 9.60. The van der Waals surface area contributed by atoms with Crippen molar-refractivity contribution < 1.29 is 23.5 Å². The molecule has 1 amide bonds. The molecule has 0 bridgehead atoms. The fourth-order valence-electron chi connectivity index (χ4n) is 3.91. The quantitative estimate of drug-likeness (QED) is 0.296. The van der Waals surface area contributed by atoms with Gasteiger partial charge in [-0.05, 0) is 19.4 Å². The molecule has 0 radical (unpaired) electrons. The van der Waals surface area contributed by atoms with Crippen LogP contribution in [0.2, 0.25) is 0 Å². The summed E-state index contributed by atoms with van der Waals surface area (Å²) in [6.07, 6.45) is 0. The highest BCUT2D eigenvalue weighted by molar-refractivity contribution is 6.11. The minimum Gasteiger partial charge on any atom is -0.465 e. The van der Waals surface area contributed by atoms with E-state index in [1.165, 1.54) is 21.0 Å². The first kappa shape index (κ1) is 23.4. The lowest BCUT2D eigenvalue weighted by atomic mass is 9.95. The number of anilines is 2. The molecule has 3 N–H and O–H groups in total. The van der Waals surface area contributed by atoms with Gasteiger partial charge in [0.1, 0.15) is 22.6 Å². The van der Waals surface area contributed by atoms with Crippen molar-refractivity contribution in [2.75, 3.05) is 12.4 Å². The first-order chi connectivity index (χ1) is 16.8. The number of amides is 1. The third kappa shape index (κ3) is 4.39. The van der Waals surface area contributed by atoms with Gasteiger partial charge in [-0.25, -0.2) is 4.79 Å². The molecule has 4 rings (SSSR count). The number of Topliss-reactive ketones (excluding diaryl/α,β-unsaturated/α-hetero) is 1. The molecule has 0 unspecified atom stereocenters. The van der Waals surface area contributed by atoms with Crippen LogP contribution in [0.5, 0.6) is 0 Å².